The van der Waals surface area contributed by atoms with E-state index >= 15 is 0 Å². The topological polar surface area (TPSA) is 178 Å². The lowest BCUT2D eigenvalue weighted by Crippen LogP contribution is -2.37. The van der Waals surface area contributed by atoms with Gasteiger partial charge in [0, 0.05) is 35.4 Å². The van der Waals surface area contributed by atoms with Gasteiger partial charge in [0.2, 0.25) is 5.43 Å². The van der Waals surface area contributed by atoms with Crippen LogP contribution in [0.3, 0.4) is 0 Å². The highest BCUT2D eigenvalue weighted by atomic mass is 16.5. The normalized spacial score (nSPS) is 18.6. The molecule has 6 N–H and O–H groups in total. The molecule has 2 aliphatic rings. The molecule has 2 unspecified atom stereocenters. The van der Waals surface area contributed by atoms with E-state index in [0.29, 0.717) is 11.1 Å². The number of phenols is 4. The van der Waals surface area contributed by atoms with Gasteiger partial charge in [0.15, 0.2) is 5.78 Å². The van der Waals surface area contributed by atoms with Crippen LogP contribution in [0.5, 0.6) is 23.0 Å². The number of hydrogen-bond donors (Lipinski definition) is 6. The first kappa shape index (κ1) is 24.7. The van der Waals surface area contributed by atoms with Crippen LogP contribution in [0.25, 0.3) is 28.1 Å². The van der Waals surface area contributed by atoms with Gasteiger partial charge in [-0.15, -0.1) is 0 Å². The van der Waals surface area contributed by atoms with Crippen molar-refractivity contribution in [2.45, 2.75) is 12.0 Å². The molecule has 0 saturated carbocycles. The zero-order valence-electron chi connectivity index (χ0n) is 20.4. The van der Waals surface area contributed by atoms with Crippen molar-refractivity contribution >= 4 is 22.5 Å². The zero-order chi connectivity index (χ0) is 28.3. The molecule has 10 nitrogen and oxygen atoms in total. The van der Waals surface area contributed by atoms with Gasteiger partial charge in [0.1, 0.15) is 63.1 Å². The third-order valence-corrected chi connectivity index (χ3v) is 6.83. The van der Waals surface area contributed by atoms with Crippen LogP contribution in [0.2, 0.25) is 0 Å². The van der Waals surface area contributed by atoms with Gasteiger partial charge >= 0.3 is 0 Å². The monoisotopic (exact) mass is 540 g/mol. The van der Waals surface area contributed by atoms with Gasteiger partial charge in [-0.3, -0.25) is 9.59 Å². The minimum Gasteiger partial charge on any atom is -0.511 e. The zero-order valence-corrected chi connectivity index (χ0v) is 20.4. The molecule has 40 heavy (non-hydrogen) atoms. The number of rotatable bonds is 3. The van der Waals surface area contributed by atoms with Gasteiger partial charge in [0.05, 0.1) is 17.1 Å². The number of ketones is 1. The molecule has 10 heteroatoms. The lowest BCUT2D eigenvalue weighted by atomic mass is 9.78. The number of hydrogen-bond acceptors (Lipinski definition) is 10. The summed E-state index contributed by atoms with van der Waals surface area (Å²) in [5, 5.41) is 61.5. The first-order valence-corrected chi connectivity index (χ1v) is 12.0. The molecule has 1 aliphatic heterocycles. The molecule has 0 amide bonds. The Morgan fingerprint density at radius 2 is 1.32 bits per heavy atom. The van der Waals surface area contributed by atoms with Gasteiger partial charge in [-0.05, 0) is 48.5 Å². The molecule has 2 atom stereocenters. The van der Waals surface area contributed by atoms with Crippen molar-refractivity contribution in [3.8, 4) is 34.3 Å². The van der Waals surface area contributed by atoms with E-state index < -0.39 is 40.5 Å². The fourth-order valence-electron chi connectivity index (χ4n) is 5.02. The Morgan fingerprint density at radius 3 is 1.98 bits per heavy atom. The van der Waals surface area contributed by atoms with Crippen LogP contribution in [0, 0.1) is 0 Å². The molecule has 1 aromatic heterocycles. The van der Waals surface area contributed by atoms with E-state index in [-0.39, 0.29) is 50.9 Å². The number of benzene rings is 3. The van der Waals surface area contributed by atoms with E-state index in [9.17, 15) is 40.2 Å². The van der Waals surface area contributed by atoms with E-state index in [1.165, 1.54) is 48.5 Å². The van der Waals surface area contributed by atoms with Gasteiger partial charge in [-0.25, -0.2) is 0 Å². The first-order chi connectivity index (χ1) is 19.1. The first-order valence-electron chi connectivity index (χ1n) is 12.0. The number of aromatic hydroxyl groups is 4. The third-order valence-electron chi connectivity index (χ3n) is 6.83. The summed E-state index contributed by atoms with van der Waals surface area (Å²) >= 11 is 0. The van der Waals surface area contributed by atoms with Crippen molar-refractivity contribution < 1.29 is 44.6 Å². The molecule has 1 aliphatic carbocycles. The number of phenolic OH excluding ortho intramolecular Hbond substituents is 4. The highest BCUT2D eigenvalue weighted by Crippen LogP contribution is 2.45. The Balaban J connectivity index is 1.62. The van der Waals surface area contributed by atoms with Gasteiger partial charge in [0.25, 0.3) is 0 Å². The summed E-state index contributed by atoms with van der Waals surface area (Å²) in [6, 6.07) is 13.5. The average Bonchev–Trinajstić information content (AvgIpc) is 2.89. The minimum atomic E-state index is -1.40. The largest absolute Gasteiger partial charge is 0.511 e. The summed E-state index contributed by atoms with van der Waals surface area (Å²) in [7, 11) is 0. The predicted molar refractivity (Wildman–Crippen MR) is 142 cm³/mol. The van der Waals surface area contributed by atoms with Crippen molar-refractivity contribution in [1.29, 1.82) is 0 Å². The number of aliphatic hydroxyl groups excluding tert-OH is 2. The second kappa shape index (κ2) is 8.98. The van der Waals surface area contributed by atoms with Crippen LogP contribution < -0.4 is 5.43 Å². The molecule has 2 heterocycles. The Hall–Kier alpha value is -5.64. The van der Waals surface area contributed by atoms with Gasteiger partial charge < -0.3 is 39.8 Å². The number of aliphatic hydroxyl groups is 2. The van der Waals surface area contributed by atoms with Crippen LogP contribution in [0.1, 0.15) is 17.0 Å². The molecule has 0 saturated heterocycles. The number of ether oxygens (including phenoxy) is 1. The molecular formula is C30H20O10. The van der Waals surface area contributed by atoms with Crippen molar-refractivity contribution in [2.75, 3.05) is 0 Å². The number of allylic oxidation sites excluding steroid dienone is 2. The number of carbonyl (C=O) groups excluding carboxylic acids is 1. The van der Waals surface area contributed by atoms with Crippen molar-refractivity contribution in [1.82, 2.24) is 0 Å². The SMILES string of the molecule is O=C1C=C(c2ccc(O)cc2)OC2C1=C(O)C=C(O)C2c1c(-c2ccc(O)cc2)oc2cc(O)cc(O)c2c1=O. The molecular weight excluding hydrogens is 520 g/mol. The summed E-state index contributed by atoms with van der Waals surface area (Å²) < 4.78 is 12.2. The van der Waals surface area contributed by atoms with Crippen LogP contribution >= 0.6 is 0 Å². The smallest absolute Gasteiger partial charge is 0.201 e. The van der Waals surface area contributed by atoms with Crippen LogP contribution in [-0.2, 0) is 9.53 Å². The maximum atomic E-state index is 14.0. The fraction of sp³-hybridized carbons (Fsp3) is 0.0667. The Kier molecular flexibility index (Phi) is 5.54. The standard InChI is InChI=1S/C30H20O10/c31-15-5-1-13(2-6-15)22-12-21(37)24-19(35)11-20(36)26(30(24)39-22)27-28(38)25-18(34)9-17(33)10-23(25)40-29(27)14-3-7-16(32)8-4-14/h1-12,26,30-36H. The minimum absolute atomic E-state index is 0.0148. The highest BCUT2D eigenvalue weighted by Gasteiger charge is 2.45. The number of fused-ring (bicyclic) bond motifs is 2. The Labute approximate surface area is 224 Å². The van der Waals surface area contributed by atoms with Crippen LogP contribution in [0.15, 0.2) is 99.1 Å². The lowest BCUT2D eigenvalue weighted by Gasteiger charge is -2.35. The summed E-state index contributed by atoms with van der Waals surface area (Å²) in [6.45, 7) is 0. The molecule has 0 bridgehead atoms. The third kappa shape index (κ3) is 3.90. The van der Waals surface area contributed by atoms with E-state index in [4.69, 9.17) is 9.15 Å². The van der Waals surface area contributed by atoms with Crippen molar-refractivity contribution in [2.24, 2.45) is 0 Å². The fourth-order valence-corrected chi connectivity index (χ4v) is 5.02. The van der Waals surface area contributed by atoms with E-state index in [1.807, 2.05) is 0 Å². The van der Waals surface area contributed by atoms with Crippen molar-refractivity contribution in [3.05, 3.63) is 111 Å². The summed E-state index contributed by atoms with van der Waals surface area (Å²) in [4.78, 5) is 27.3. The summed E-state index contributed by atoms with van der Waals surface area (Å²) in [5.74, 6) is -4.14. The van der Waals surface area contributed by atoms with Crippen molar-refractivity contribution in [3.63, 3.8) is 0 Å². The molecule has 0 radical (unpaired) electrons. The quantitative estimate of drug-likeness (QED) is 0.214. The molecule has 200 valence electrons. The molecule has 4 aromatic rings. The summed E-state index contributed by atoms with van der Waals surface area (Å²) in [5.41, 5.74) is -0.657. The Morgan fingerprint density at radius 1 is 0.700 bits per heavy atom. The molecule has 0 spiro atoms. The van der Waals surface area contributed by atoms with E-state index in [1.54, 1.807) is 0 Å². The van der Waals surface area contributed by atoms with Gasteiger partial charge in [-0.1, -0.05) is 0 Å². The maximum Gasteiger partial charge on any atom is 0.201 e. The lowest BCUT2D eigenvalue weighted by molar-refractivity contribution is -0.113. The molecule has 3 aromatic carbocycles. The number of carbonyl (C=O) groups is 1. The molecule has 0 fully saturated rings. The Bertz CT molecular complexity index is 1860. The maximum absolute atomic E-state index is 14.0. The van der Waals surface area contributed by atoms with E-state index in [2.05, 4.69) is 0 Å². The van der Waals surface area contributed by atoms with Crippen LogP contribution in [0.4, 0.5) is 0 Å². The average molecular weight is 540 g/mol. The predicted octanol–water partition coefficient (Wildman–Crippen LogP) is 4.64. The second-order valence-electron chi connectivity index (χ2n) is 9.36. The van der Waals surface area contributed by atoms with Crippen LogP contribution in [-0.4, -0.2) is 42.5 Å². The van der Waals surface area contributed by atoms with Gasteiger partial charge in [-0.2, -0.15) is 0 Å². The van der Waals surface area contributed by atoms with E-state index in [0.717, 1.165) is 24.3 Å². The molecule has 6 rings (SSSR count). The highest BCUT2D eigenvalue weighted by molar-refractivity contribution is 6.10. The second-order valence-corrected chi connectivity index (χ2v) is 9.36. The summed E-state index contributed by atoms with van der Waals surface area (Å²) in [6.07, 6.45) is 0.694.